The number of benzene rings is 2. The molecule has 3 rings (SSSR count). The number of amides is 1. The van der Waals surface area contributed by atoms with Crippen molar-refractivity contribution in [1.82, 2.24) is 10.2 Å². The average molecular weight is 485 g/mol. The van der Waals surface area contributed by atoms with Crippen molar-refractivity contribution in [3.05, 3.63) is 88.8 Å². The van der Waals surface area contributed by atoms with E-state index in [1.54, 1.807) is 31.3 Å². The molecule has 2 N–H and O–H groups in total. The molecule has 1 atom stereocenters. The van der Waals surface area contributed by atoms with E-state index in [1.165, 1.54) is 10.4 Å². The van der Waals surface area contributed by atoms with Crippen molar-refractivity contribution in [2.24, 2.45) is 0 Å². The van der Waals surface area contributed by atoms with Gasteiger partial charge in [0.05, 0.1) is 11.5 Å². The molecule has 0 saturated heterocycles. The number of aliphatic hydroxyl groups is 1. The summed E-state index contributed by atoms with van der Waals surface area (Å²) in [6.07, 6.45) is 2.75. The molecule has 1 heterocycles. The lowest BCUT2D eigenvalue weighted by atomic mass is 10.1. The summed E-state index contributed by atoms with van der Waals surface area (Å²) < 4.78 is 5.85. The van der Waals surface area contributed by atoms with Crippen LogP contribution < -0.4 is 5.32 Å². The van der Waals surface area contributed by atoms with Crippen molar-refractivity contribution in [3.63, 3.8) is 0 Å². The third-order valence-corrected chi connectivity index (χ3v) is 5.12. The standard InChI is InChI=1S/C24H21ClN2O3S.CH4O/c1-27(20(15-28)13-17-5-3-2-4-6-17)24(29)22(26-16-31)14-21-11-12-23(30-21)18-7-9-19(25)10-8-18;1-2/h2-12,14-16,20H,13H2,1H3,(H,26,31);2H,1H3/b22-14+;. The van der Waals surface area contributed by atoms with Gasteiger partial charge in [0.1, 0.15) is 23.5 Å². The summed E-state index contributed by atoms with van der Waals surface area (Å²) in [5.41, 5.74) is 3.27. The van der Waals surface area contributed by atoms with Gasteiger partial charge in [-0.1, -0.05) is 54.2 Å². The number of rotatable bonds is 9. The van der Waals surface area contributed by atoms with Crippen LogP contribution in [0.15, 0.2) is 76.8 Å². The summed E-state index contributed by atoms with van der Waals surface area (Å²) in [7, 11) is 2.59. The number of hydrogen-bond donors (Lipinski definition) is 2. The molecule has 0 saturated carbocycles. The summed E-state index contributed by atoms with van der Waals surface area (Å²) in [6, 6.07) is 19.7. The Hall–Kier alpha value is -3.26. The highest BCUT2D eigenvalue weighted by molar-refractivity contribution is 7.78. The second-order valence-electron chi connectivity index (χ2n) is 6.84. The zero-order valence-electron chi connectivity index (χ0n) is 18.3. The molecular weight excluding hydrogens is 460 g/mol. The van der Waals surface area contributed by atoms with E-state index in [0.29, 0.717) is 23.0 Å². The number of likely N-dealkylation sites (N-methyl/N-ethyl adjacent to an activating group) is 1. The van der Waals surface area contributed by atoms with Gasteiger partial charge >= 0.3 is 0 Å². The predicted octanol–water partition coefficient (Wildman–Crippen LogP) is 4.36. The lowest BCUT2D eigenvalue weighted by Gasteiger charge is -2.25. The van der Waals surface area contributed by atoms with Crippen molar-refractivity contribution in [2.45, 2.75) is 12.5 Å². The van der Waals surface area contributed by atoms with Crippen LogP contribution in [0.5, 0.6) is 0 Å². The van der Waals surface area contributed by atoms with E-state index in [0.717, 1.165) is 24.5 Å². The minimum Gasteiger partial charge on any atom is -0.457 e. The SMILES string of the molecule is CN(C(=O)/C(=C\c1ccc(-c2ccc(Cl)cc2)o1)NC=S)C(C=O)Cc1ccccc1.CO. The van der Waals surface area contributed by atoms with Gasteiger partial charge in [-0.2, -0.15) is 0 Å². The predicted molar refractivity (Wildman–Crippen MR) is 135 cm³/mol. The first kappa shape index (κ1) is 26.0. The maximum Gasteiger partial charge on any atom is 0.270 e. The minimum atomic E-state index is -0.619. The number of carbonyl (C=O) groups is 2. The van der Waals surface area contributed by atoms with Crippen molar-refractivity contribution in [3.8, 4) is 11.3 Å². The summed E-state index contributed by atoms with van der Waals surface area (Å²) >= 11 is 10.8. The molecule has 0 spiro atoms. The zero-order valence-corrected chi connectivity index (χ0v) is 19.8. The molecule has 172 valence electrons. The largest absolute Gasteiger partial charge is 0.457 e. The fraction of sp³-hybridized carbons (Fsp3) is 0.160. The molecular formula is C25H25ClN2O4S. The van der Waals surface area contributed by atoms with Crippen LogP contribution in [0.3, 0.4) is 0 Å². The molecule has 0 aliphatic carbocycles. The van der Waals surface area contributed by atoms with Crippen LogP contribution in [0.1, 0.15) is 11.3 Å². The van der Waals surface area contributed by atoms with E-state index in [2.05, 4.69) is 5.32 Å². The number of furan rings is 1. The topological polar surface area (TPSA) is 82.8 Å². The minimum absolute atomic E-state index is 0.203. The molecule has 0 aliphatic rings. The second-order valence-corrected chi connectivity index (χ2v) is 7.51. The van der Waals surface area contributed by atoms with Crippen molar-refractivity contribution < 1.29 is 19.1 Å². The van der Waals surface area contributed by atoms with E-state index < -0.39 is 6.04 Å². The van der Waals surface area contributed by atoms with Crippen LogP contribution >= 0.6 is 23.8 Å². The van der Waals surface area contributed by atoms with Crippen LogP contribution in [0, 0.1) is 0 Å². The third-order valence-electron chi connectivity index (χ3n) is 4.75. The van der Waals surface area contributed by atoms with E-state index in [4.69, 9.17) is 33.3 Å². The van der Waals surface area contributed by atoms with Crippen LogP contribution in [0.4, 0.5) is 0 Å². The van der Waals surface area contributed by atoms with Gasteiger partial charge in [-0.25, -0.2) is 0 Å². The first-order chi connectivity index (χ1) is 16.0. The van der Waals surface area contributed by atoms with Gasteiger partial charge in [0.15, 0.2) is 0 Å². The monoisotopic (exact) mass is 484 g/mol. The molecule has 33 heavy (non-hydrogen) atoms. The van der Waals surface area contributed by atoms with Crippen LogP contribution in [-0.2, 0) is 16.0 Å². The Morgan fingerprint density at radius 2 is 1.79 bits per heavy atom. The number of nitrogens with zero attached hydrogens (tertiary/aromatic N) is 1. The van der Waals surface area contributed by atoms with Gasteiger partial charge < -0.3 is 24.5 Å². The molecule has 6 nitrogen and oxygen atoms in total. The first-order valence-electron chi connectivity index (χ1n) is 10.0. The molecule has 2 aromatic carbocycles. The quantitative estimate of drug-likeness (QED) is 0.267. The number of carbonyl (C=O) groups excluding carboxylic acids is 2. The Balaban J connectivity index is 0.00000187. The van der Waals surface area contributed by atoms with E-state index in [-0.39, 0.29) is 11.6 Å². The highest BCUT2D eigenvalue weighted by atomic mass is 35.5. The number of thiocarbonyl (C=S) groups is 1. The summed E-state index contributed by atoms with van der Waals surface area (Å²) in [5.74, 6) is 0.732. The average Bonchev–Trinajstić information content (AvgIpc) is 3.32. The summed E-state index contributed by atoms with van der Waals surface area (Å²) in [5, 5.41) is 10.4. The second kappa shape index (κ2) is 13.3. The van der Waals surface area contributed by atoms with E-state index >= 15 is 0 Å². The Bertz CT molecular complexity index is 1080. The fourth-order valence-corrected chi connectivity index (χ4v) is 3.30. The Kier molecular flexibility index (Phi) is 10.5. The van der Waals surface area contributed by atoms with E-state index in [9.17, 15) is 9.59 Å². The Morgan fingerprint density at radius 1 is 1.12 bits per heavy atom. The van der Waals surface area contributed by atoms with Gasteiger partial charge in [-0.05, 0) is 48.4 Å². The maximum atomic E-state index is 13.1. The molecule has 0 aliphatic heterocycles. The first-order valence-corrected chi connectivity index (χ1v) is 10.9. The lowest BCUT2D eigenvalue weighted by molar-refractivity contribution is -0.131. The number of aliphatic hydroxyl groups excluding tert-OH is 1. The van der Waals surface area contributed by atoms with Gasteiger partial charge in [0.25, 0.3) is 5.91 Å². The van der Waals surface area contributed by atoms with Crippen LogP contribution in [-0.4, -0.2) is 47.9 Å². The lowest BCUT2D eigenvalue weighted by Crippen LogP contribution is -2.42. The van der Waals surface area contributed by atoms with Gasteiger partial charge in [-0.3, -0.25) is 4.79 Å². The van der Waals surface area contributed by atoms with Crippen LogP contribution in [0.25, 0.3) is 17.4 Å². The Morgan fingerprint density at radius 3 is 2.39 bits per heavy atom. The smallest absolute Gasteiger partial charge is 0.270 e. The van der Waals surface area contributed by atoms with Gasteiger partial charge in [0, 0.05) is 30.8 Å². The maximum absolute atomic E-state index is 13.1. The molecule has 0 fully saturated rings. The number of hydrogen-bond acceptors (Lipinski definition) is 5. The van der Waals surface area contributed by atoms with Crippen molar-refractivity contribution in [2.75, 3.05) is 14.2 Å². The van der Waals surface area contributed by atoms with Gasteiger partial charge in [-0.15, -0.1) is 0 Å². The molecule has 0 bridgehead atoms. The Labute approximate surface area is 203 Å². The number of nitrogens with one attached hydrogen (secondary N) is 1. The zero-order chi connectivity index (χ0) is 24.2. The molecule has 1 amide bonds. The highest BCUT2D eigenvalue weighted by Crippen LogP contribution is 2.25. The van der Waals surface area contributed by atoms with Gasteiger partial charge in [0.2, 0.25) is 0 Å². The molecule has 0 radical (unpaired) electrons. The van der Waals surface area contributed by atoms with Crippen molar-refractivity contribution >= 4 is 47.6 Å². The van der Waals surface area contributed by atoms with Crippen LogP contribution in [0.2, 0.25) is 5.02 Å². The third kappa shape index (κ3) is 7.39. The normalized spacial score (nSPS) is 11.6. The highest BCUT2D eigenvalue weighted by Gasteiger charge is 2.23. The fourth-order valence-electron chi connectivity index (χ4n) is 3.04. The molecule has 1 unspecified atom stereocenters. The number of halogens is 1. The molecule has 3 aromatic rings. The number of aldehydes is 1. The van der Waals surface area contributed by atoms with Crippen molar-refractivity contribution in [1.29, 1.82) is 0 Å². The molecule has 1 aromatic heterocycles. The summed E-state index contributed by atoms with van der Waals surface area (Å²) in [4.78, 5) is 26.1. The van der Waals surface area contributed by atoms with E-state index in [1.807, 2.05) is 48.5 Å². The summed E-state index contributed by atoms with van der Waals surface area (Å²) in [6.45, 7) is 0. The molecule has 8 heteroatoms.